The molecule has 1 fully saturated rings. The highest BCUT2D eigenvalue weighted by Gasteiger charge is 2.20. The van der Waals surface area contributed by atoms with E-state index in [4.69, 9.17) is 11.6 Å². The van der Waals surface area contributed by atoms with Crippen LogP contribution >= 0.6 is 11.6 Å². The maximum Gasteiger partial charge on any atom is 0.137 e. The molecule has 1 heterocycles. The van der Waals surface area contributed by atoms with Crippen LogP contribution in [0.2, 0.25) is 5.02 Å². The van der Waals surface area contributed by atoms with Crippen LogP contribution in [0.5, 0.6) is 5.75 Å². The Morgan fingerprint density at radius 2 is 2.00 bits per heavy atom. The number of rotatable bonds is 1. The number of halogens is 2. The molecule has 2 nitrogen and oxygen atoms in total. The van der Waals surface area contributed by atoms with Gasteiger partial charge in [0.2, 0.25) is 0 Å². The lowest BCUT2D eigenvalue weighted by atomic mass is 9.90. The molecule has 4 heteroatoms. The Morgan fingerprint density at radius 3 is 2.67 bits per heavy atom. The molecule has 82 valence electrons. The number of benzene rings is 1. The molecule has 0 bridgehead atoms. The maximum atomic E-state index is 13.6. The Balaban J connectivity index is 2.30. The summed E-state index contributed by atoms with van der Waals surface area (Å²) in [5.41, 5.74) is 0.624. The fraction of sp³-hybridized carbons (Fsp3) is 0.455. The molecule has 2 N–H and O–H groups in total. The number of hydrogen-bond donors (Lipinski definition) is 2. The Morgan fingerprint density at radius 1 is 1.33 bits per heavy atom. The highest BCUT2D eigenvalue weighted by Crippen LogP contribution is 2.33. The summed E-state index contributed by atoms with van der Waals surface area (Å²) in [5, 5.41) is 12.7. The largest absolute Gasteiger partial charge is 0.506 e. The van der Waals surface area contributed by atoms with Crippen LogP contribution < -0.4 is 5.32 Å². The van der Waals surface area contributed by atoms with Crippen molar-refractivity contribution in [3.05, 3.63) is 28.5 Å². The molecule has 1 aromatic rings. The van der Waals surface area contributed by atoms with Crippen LogP contribution in [0.25, 0.3) is 0 Å². The zero-order valence-electron chi connectivity index (χ0n) is 8.26. The van der Waals surface area contributed by atoms with E-state index in [9.17, 15) is 9.50 Å². The number of hydrogen-bond acceptors (Lipinski definition) is 2. The molecule has 0 atom stereocenters. The lowest BCUT2D eigenvalue weighted by Crippen LogP contribution is -2.27. The summed E-state index contributed by atoms with van der Waals surface area (Å²) in [6.45, 7) is 1.81. The minimum absolute atomic E-state index is 0.188. The molecular weight excluding hydrogens is 217 g/mol. The van der Waals surface area contributed by atoms with Crippen LogP contribution in [0.1, 0.15) is 24.3 Å². The SMILES string of the molecule is Oc1cc(F)c(C2CCNCC2)cc1Cl. The van der Waals surface area contributed by atoms with E-state index < -0.39 is 0 Å². The molecule has 1 saturated heterocycles. The van der Waals surface area contributed by atoms with Gasteiger partial charge >= 0.3 is 0 Å². The van der Waals surface area contributed by atoms with Crippen molar-refractivity contribution in [2.75, 3.05) is 13.1 Å². The molecule has 15 heavy (non-hydrogen) atoms. The van der Waals surface area contributed by atoms with Crippen molar-refractivity contribution in [3.63, 3.8) is 0 Å². The van der Waals surface area contributed by atoms with E-state index in [1.807, 2.05) is 0 Å². The molecule has 0 aliphatic carbocycles. The van der Waals surface area contributed by atoms with Gasteiger partial charge in [0, 0.05) is 6.07 Å². The van der Waals surface area contributed by atoms with Crippen LogP contribution in [0, 0.1) is 5.82 Å². The van der Waals surface area contributed by atoms with Crippen LogP contribution in [0.3, 0.4) is 0 Å². The van der Waals surface area contributed by atoms with Crippen molar-refractivity contribution in [3.8, 4) is 5.75 Å². The van der Waals surface area contributed by atoms with E-state index >= 15 is 0 Å². The van der Waals surface area contributed by atoms with E-state index in [-0.39, 0.29) is 22.5 Å². The van der Waals surface area contributed by atoms with Gasteiger partial charge in [-0.3, -0.25) is 0 Å². The second kappa shape index (κ2) is 4.37. The highest BCUT2D eigenvalue weighted by atomic mass is 35.5. The molecule has 0 saturated carbocycles. The van der Waals surface area contributed by atoms with E-state index in [0.717, 1.165) is 32.0 Å². The van der Waals surface area contributed by atoms with E-state index in [1.165, 1.54) is 0 Å². The first-order chi connectivity index (χ1) is 7.18. The lowest BCUT2D eigenvalue weighted by molar-refractivity contribution is 0.438. The maximum absolute atomic E-state index is 13.6. The molecule has 0 unspecified atom stereocenters. The first-order valence-electron chi connectivity index (χ1n) is 5.07. The van der Waals surface area contributed by atoms with Gasteiger partial charge < -0.3 is 10.4 Å². The Kier molecular flexibility index (Phi) is 3.12. The normalized spacial score (nSPS) is 18.0. The van der Waals surface area contributed by atoms with Gasteiger partial charge in [0.05, 0.1) is 5.02 Å². The van der Waals surface area contributed by atoms with E-state index in [1.54, 1.807) is 6.07 Å². The summed E-state index contributed by atoms with van der Waals surface area (Å²) in [4.78, 5) is 0. The van der Waals surface area contributed by atoms with Gasteiger partial charge in [-0.05, 0) is 43.5 Å². The van der Waals surface area contributed by atoms with Gasteiger partial charge in [0.1, 0.15) is 11.6 Å². The van der Waals surface area contributed by atoms with Gasteiger partial charge in [-0.15, -0.1) is 0 Å². The summed E-state index contributed by atoms with van der Waals surface area (Å²) in [6.07, 6.45) is 1.83. The molecule has 0 aromatic heterocycles. The topological polar surface area (TPSA) is 32.3 Å². The van der Waals surface area contributed by atoms with Gasteiger partial charge in [-0.25, -0.2) is 4.39 Å². The average molecular weight is 230 g/mol. The minimum Gasteiger partial charge on any atom is -0.506 e. The van der Waals surface area contributed by atoms with Crippen LogP contribution in [0.15, 0.2) is 12.1 Å². The van der Waals surface area contributed by atoms with Crippen molar-refractivity contribution in [2.24, 2.45) is 0 Å². The van der Waals surface area contributed by atoms with Gasteiger partial charge in [-0.1, -0.05) is 11.6 Å². The van der Waals surface area contributed by atoms with Crippen molar-refractivity contribution in [1.29, 1.82) is 0 Å². The van der Waals surface area contributed by atoms with Gasteiger partial charge in [0.15, 0.2) is 0 Å². The Labute approximate surface area is 93.1 Å². The molecular formula is C11H13ClFNO. The summed E-state index contributed by atoms with van der Waals surface area (Å²) < 4.78 is 13.6. The number of phenolic OH excluding ortho intramolecular Hbond substituents is 1. The van der Waals surface area contributed by atoms with Crippen molar-refractivity contribution < 1.29 is 9.50 Å². The first kappa shape index (κ1) is 10.7. The molecule has 0 amide bonds. The van der Waals surface area contributed by atoms with Crippen molar-refractivity contribution in [2.45, 2.75) is 18.8 Å². The molecule has 0 spiro atoms. The zero-order chi connectivity index (χ0) is 10.8. The number of piperidine rings is 1. The average Bonchev–Trinajstić information content (AvgIpc) is 2.25. The van der Waals surface area contributed by atoms with Crippen molar-refractivity contribution in [1.82, 2.24) is 5.32 Å². The third-order valence-corrected chi connectivity index (χ3v) is 3.15. The standard InChI is InChI=1S/C11H13ClFNO/c12-9-5-8(10(13)6-11(9)15)7-1-3-14-4-2-7/h5-7,14-15H,1-4H2. The summed E-state index contributed by atoms with van der Waals surface area (Å²) in [5.74, 6) is -0.333. The number of nitrogens with one attached hydrogen (secondary N) is 1. The quantitative estimate of drug-likeness (QED) is 0.776. The molecule has 0 radical (unpaired) electrons. The predicted molar refractivity (Wildman–Crippen MR) is 57.9 cm³/mol. The van der Waals surface area contributed by atoms with Gasteiger partial charge in [-0.2, -0.15) is 0 Å². The van der Waals surface area contributed by atoms with Crippen LogP contribution in [-0.4, -0.2) is 18.2 Å². The Bertz CT molecular complexity index is 364. The second-order valence-corrected chi connectivity index (χ2v) is 4.26. The summed E-state index contributed by atoms with van der Waals surface area (Å²) in [7, 11) is 0. The van der Waals surface area contributed by atoms with Crippen LogP contribution in [0.4, 0.5) is 4.39 Å². The van der Waals surface area contributed by atoms with E-state index in [2.05, 4.69) is 5.32 Å². The molecule has 1 aromatic carbocycles. The lowest BCUT2D eigenvalue weighted by Gasteiger charge is -2.23. The fourth-order valence-corrected chi connectivity index (χ4v) is 2.17. The summed E-state index contributed by atoms with van der Waals surface area (Å²) >= 11 is 5.77. The smallest absolute Gasteiger partial charge is 0.137 e. The Hall–Kier alpha value is -0.800. The molecule has 2 rings (SSSR count). The fourth-order valence-electron chi connectivity index (χ4n) is 2.00. The highest BCUT2D eigenvalue weighted by molar-refractivity contribution is 6.32. The molecule has 1 aliphatic heterocycles. The van der Waals surface area contributed by atoms with Crippen molar-refractivity contribution >= 4 is 11.6 Å². The third kappa shape index (κ3) is 2.24. The van der Waals surface area contributed by atoms with E-state index in [0.29, 0.717) is 5.56 Å². The molecule has 1 aliphatic rings. The van der Waals surface area contributed by atoms with Gasteiger partial charge in [0.25, 0.3) is 0 Å². The predicted octanol–water partition coefficient (Wildman–Crippen LogP) is 2.65. The minimum atomic E-state index is -0.358. The number of phenols is 1. The first-order valence-corrected chi connectivity index (χ1v) is 5.45. The monoisotopic (exact) mass is 229 g/mol. The second-order valence-electron chi connectivity index (χ2n) is 3.85. The summed E-state index contributed by atoms with van der Waals surface area (Å²) in [6, 6.07) is 2.64. The third-order valence-electron chi connectivity index (χ3n) is 2.85. The van der Waals surface area contributed by atoms with Crippen LogP contribution in [-0.2, 0) is 0 Å². The zero-order valence-corrected chi connectivity index (χ0v) is 9.02. The number of aromatic hydroxyl groups is 1.